The van der Waals surface area contributed by atoms with Crippen LogP contribution in [0.5, 0.6) is 0 Å². The van der Waals surface area contributed by atoms with E-state index in [0.29, 0.717) is 12.8 Å². The Morgan fingerprint density at radius 2 is 1.71 bits per heavy atom. The van der Waals surface area contributed by atoms with Gasteiger partial charge in [-0.3, -0.25) is 10.1 Å². The van der Waals surface area contributed by atoms with Gasteiger partial charge in [-0.2, -0.15) is 13.2 Å². The first kappa shape index (κ1) is 24.9. The van der Waals surface area contributed by atoms with E-state index >= 15 is 0 Å². The van der Waals surface area contributed by atoms with Gasteiger partial charge in [0.15, 0.2) is 0 Å². The number of aromatic nitrogens is 1. The predicted molar refractivity (Wildman–Crippen MR) is 133 cm³/mol. The lowest BCUT2D eigenvalue weighted by molar-refractivity contribution is -0.137. The summed E-state index contributed by atoms with van der Waals surface area (Å²) in [6.07, 6.45) is -3.22. The smallest absolute Gasteiger partial charge is 0.358 e. The number of rotatable bonds is 8. The van der Waals surface area contributed by atoms with Crippen LogP contribution in [0.1, 0.15) is 45.8 Å². The van der Waals surface area contributed by atoms with Gasteiger partial charge in [0.2, 0.25) is 5.91 Å². The highest BCUT2D eigenvalue weighted by Crippen LogP contribution is 2.31. The van der Waals surface area contributed by atoms with E-state index in [1.807, 2.05) is 49.4 Å². The summed E-state index contributed by atoms with van der Waals surface area (Å²) >= 11 is 1.60. The van der Waals surface area contributed by atoms with Crippen molar-refractivity contribution in [3.8, 4) is 0 Å². The van der Waals surface area contributed by atoms with Gasteiger partial charge in [0.25, 0.3) is 0 Å². The molecule has 1 unspecified atom stereocenters. The van der Waals surface area contributed by atoms with Gasteiger partial charge in [0.1, 0.15) is 6.04 Å². The predicted octanol–water partition coefficient (Wildman–Crippen LogP) is 6.37. The number of fused-ring (bicyclic) bond motifs is 1. The molecule has 4 rings (SSSR count). The van der Waals surface area contributed by atoms with E-state index in [2.05, 4.69) is 21.7 Å². The number of benzene rings is 3. The van der Waals surface area contributed by atoms with Crippen LogP contribution in [0, 0.1) is 6.92 Å². The maximum atomic E-state index is 12.9. The minimum Gasteiger partial charge on any atom is -0.358 e. The summed E-state index contributed by atoms with van der Waals surface area (Å²) in [4.78, 5) is 17.3. The van der Waals surface area contributed by atoms with E-state index in [0.717, 1.165) is 44.0 Å². The first-order valence-corrected chi connectivity index (χ1v) is 12.1. The molecule has 0 aliphatic carbocycles. The third-order valence-corrected chi connectivity index (χ3v) is 6.87. The number of carbonyl (C=O) groups is 1. The maximum absolute atomic E-state index is 12.9. The van der Waals surface area contributed by atoms with Crippen LogP contribution in [-0.2, 0) is 17.4 Å². The molecule has 1 amide bonds. The highest BCUT2D eigenvalue weighted by molar-refractivity contribution is 7.18. The van der Waals surface area contributed by atoms with Crippen molar-refractivity contribution >= 4 is 27.5 Å². The number of likely N-dealkylation sites (N-methyl/N-ethyl adjacent to an activating group) is 1. The third-order valence-electron chi connectivity index (χ3n) is 5.93. The lowest BCUT2D eigenvalue weighted by atomic mass is 9.96. The Balaban J connectivity index is 1.63. The fraction of sp³-hybridized carbons (Fsp3) is 0.259. The van der Waals surface area contributed by atoms with Gasteiger partial charge in [-0.25, -0.2) is 4.98 Å². The van der Waals surface area contributed by atoms with Crippen LogP contribution in [0.4, 0.5) is 13.2 Å². The number of thiazole rings is 1. The highest BCUT2D eigenvalue weighted by Gasteiger charge is 2.30. The van der Waals surface area contributed by atoms with Crippen LogP contribution in [0.25, 0.3) is 10.2 Å². The Morgan fingerprint density at radius 3 is 2.37 bits per heavy atom. The summed E-state index contributed by atoms with van der Waals surface area (Å²) in [6, 6.07) is 20.0. The van der Waals surface area contributed by atoms with Gasteiger partial charge in [0, 0.05) is 13.1 Å². The molecule has 35 heavy (non-hydrogen) atoms. The second-order valence-electron chi connectivity index (χ2n) is 8.37. The number of amides is 1. The second-order valence-corrected chi connectivity index (χ2v) is 9.61. The molecule has 0 aliphatic heterocycles. The summed E-state index contributed by atoms with van der Waals surface area (Å²) in [5, 5.41) is 7.21. The van der Waals surface area contributed by atoms with Crippen molar-refractivity contribution < 1.29 is 18.0 Å². The fourth-order valence-electron chi connectivity index (χ4n) is 4.11. The molecule has 3 aromatic carbocycles. The monoisotopic (exact) mass is 497 g/mol. The van der Waals surface area contributed by atoms with E-state index in [-0.39, 0.29) is 11.9 Å². The van der Waals surface area contributed by atoms with Crippen molar-refractivity contribution in [1.82, 2.24) is 15.6 Å². The summed E-state index contributed by atoms with van der Waals surface area (Å²) in [5.41, 5.74) is 2.89. The van der Waals surface area contributed by atoms with Crippen molar-refractivity contribution in [2.24, 2.45) is 0 Å². The van der Waals surface area contributed by atoms with Crippen LogP contribution >= 0.6 is 11.3 Å². The number of alkyl halides is 3. The van der Waals surface area contributed by atoms with Crippen LogP contribution in [0.3, 0.4) is 0 Å². The first-order valence-electron chi connectivity index (χ1n) is 11.3. The Hall–Kier alpha value is -3.23. The molecule has 4 nitrogen and oxygen atoms in total. The average Bonchev–Trinajstić information content (AvgIpc) is 3.23. The summed E-state index contributed by atoms with van der Waals surface area (Å²) in [6.45, 7) is 1.96. The molecule has 0 spiro atoms. The van der Waals surface area contributed by atoms with Crippen molar-refractivity contribution in [3.05, 3.63) is 100 Å². The quantitative estimate of drug-likeness (QED) is 0.297. The summed E-state index contributed by atoms with van der Waals surface area (Å²) in [7, 11) is 1.60. The Kier molecular flexibility index (Phi) is 7.52. The Labute approximate surface area is 206 Å². The van der Waals surface area contributed by atoms with Crippen molar-refractivity contribution in [1.29, 1.82) is 0 Å². The van der Waals surface area contributed by atoms with E-state index in [9.17, 15) is 18.0 Å². The average molecular weight is 498 g/mol. The highest BCUT2D eigenvalue weighted by atomic mass is 32.1. The molecular formula is C27H26F3N3OS. The first-order chi connectivity index (χ1) is 16.7. The van der Waals surface area contributed by atoms with Crippen LogP contribution in [-0.4, -0.2) is 17.9 Å². The number of nitrogens with one attached hydrogen (secondary N) is 2. The molecule has 0 saturated carbocycles. The topological polar surface area (TPSA) is 54.0 Å². The standard InChI is InChI=1S/C27H26F3N3OS/c1-17-32-23-15-11-20(16-24(23)35-17)22(14-10-18-8-12-21(13-9-18)27(28,29)30)33-25(26(34)31-2)19-6-4-3-5-7-19/h3-9,11-13,15-16,22,25,33H,10,14H2,1-2H3,(H,31,34)/t22-,25?/m1/s1. The molecule has 1 heterocycles. The molecular weight excluding hydrogens is 471 g/mol. The van der Waals surface area contributed by atoms with Crippen LogP contribution in [0.2, 0.25) is 0 Å². The van der Waals surface area contributed by atoms with E-state index in [1.165, 1.54) is 12.1 Å². The largest absolute Gasteiger partial charge is 0.416 e. The van der Waals surface area contributed by atoms with E-state index in [1.54, 1.807) is 18.4 Å². The molecule has 1 aromatic heterocycles. The number of aryl methyl sites for hydroxylation is 2. The molecule has 4 aromatic rings. The molecule has 0 fully saturated rings. The number of halogens is 3. The molecule has 0 aliphatic rings. The molecule has 8 heteroatoms. The molecule has 0 bridgehead atoms. The molecule has 2 atom stereocenters. The SMILES string of the molecule is CNC(=O)C(N[C@H](CCc1ccc(C(F)(F)F)cc1)c1ccc2nc(C)sc2c1)c1ccccc1. The number of hydrogen-bond acceptors (Lipinski definition) is 4. The fourth-order valence-corrected chi connectivity index (χ4v) is 4.98. The lowest BCUT2D eigenvalue weighted by Crippen LogP contribution is -2.38. The normalized spacial score (nSPS) is 13.5. The van der Waals surface area contributed by atoms with Crippen LogP contribution in [0.15, 0.2) is 72.8 Å². The maximum Gasteiger partial charge on any atom is 0.416 e. The zero-order chi connectivity index (χ0) is 25.0. The van der Waals surface area contributed by atoms with Gasteiger partial charge in [-0.1, -0.05) is 48.5 Å². The second kappa shape index (κ2) is 10.6. The Morgan fingerprint density at radius 1 is 1.00 bits per heavy atom. The van der Waals surface area contributed by atoms with Gasteiger partial charge in [-0.05, 0) is 60.7 Å². The lowest BCUT2D eigenvalue weighted by Gasteiger charge is -2.26. The van der Waals surface area contributed by atoms with Gasteiger partial charge >= 0.3 is 6.18 Å². The van der Waals surface area contributed by atoms with Crippen molar-refractivity contribution in [2.45, 2.75) is 38.0 Å². The van der Waals surface area contributed by atoms with Crippen molar-refractivity contribution in [2.75, 3.05) is 7.05 Å². The van der Waals surface area contributed by atoms with Crippen LogP contribution < -0.4 is 10.6 Å². The minimum absolute atomic E-state index is 0.162. The number of nitrogens with zero attached hydrogens (tertiary/aromatic N) is 1. The van der Waals surface area contributed by atoms with Gasteiger partial charge in [-0.15, -0.1) is 11.3 Å². The zero-order valence-corrected chi connectivity index (χ0v) is 20.2. The Bertz CT molecular complexity index is 1290. The van der Waals surface area contributed by atoms with Gasteiger partial charge < -0.3 is 5.32 Å². The zero-order valence-electron chi connectivity index (χ0n) is 19.4. The summed E-state index contributed by atoms with van der Waals surface area (Å²) < 4.78 is 39.9. The summed E-state index contributed by atoms with van der Waals surface area (Å²) in [5.74, 6) is -0.162. The number of carbonyl (C=O) groups excluding carboxylic acids is 1. The van der Waals surface area contributed by atoms with Gasteiger partial charge in [0.05, 0.1) is 20.8 Å². The van der Waals surface area contributed by atoms with E-state index < -0.39 is 17.8 Å². The van der Waals surface area contributed by atoms with E-state index in [4.69, 9.17) is 0 Å². The molecule has 0 radical (unpaired) electrons. The number of hydrogen-bond donors (Lipinski definition) is 2. The minimum atomic E-state index is -4.36. The van der Waals surface area contributed by atoms with Crippen molar-refractivity contribution in [3.63, 3.8) is 0 Å². The molecule has 0 saturated heterocycles. The molecule has 182 valence electrons. The third kappa shape index (κ3) is 6.07. The molecule has 2 N–H and O–H groups in total.